The fourth-order valence-electron chi connectivity index (χ4n) is 5.88. The molecule has 0 spiro atoms. The van der Waals surface area contributed by atoms with Crippen LogP contribution in [0.25, 0.3) is 0 Å². The third-order valence-corrected chi connectivity index (χ3v) is 11.8. The molecule has 125 valence electrons. The molecule has 0 heterocycles. The third kappa shape index (κ3) is 12.2. The van der Waals surface area contributed by atoms with E-state index < -0.39 is 122 Å². The fraction of sp³-hybridized carbons (Fsp3) is 0. The second-order valence-corrected chi connectivity index (χ2v) is 13.5. The van der Waals surface area contributed by atoms with Gasteiger partial charge < -0.3 is 0 Å². The zero-order valence-corrected chi connectivity index (χ0v) is 24.4. The molecule has 0 N–H and O–H groups in total. The summed E-state index contributed by atoms with van der Waals surface area (Å²) in [5.41, 5.74) is 0. The SMILES string of the molecule is [B][B]B(B([B])[B])B(B([B])[B])P(B(B(B([B])[B])B([B])[B])B(B([B])[B])B([B])[B])B(B(B([B])[B])B([B])[B])B(B([B])[B])B([B])[B]. The molecule has 0 nitrogen and oxygen atoms in total. The summed E-state index contributed by atoms with van der Waals surface area (Å²) in [7, 11) is 131. The number of hydrogen-bond donors (Lipinski definition) is 0. The number of hydrogen-bond acceptors (Lipinski definition) is 0. The maximum atomic E-state index is 6.44. The number of rotatable bonds is 19. The van der Waals surface area contributed by atoms with E-state index in [0.29, 0.717) is 0 Å². The highest BCUT2D eigenvalue weighted by Crippen LogP contribution is 2.49. The minimum absolute atomic E-state index is 0.897. The molecule has 0 aliphatic carbocycles. The van der Waals surface area contributed by atoms with Gasteiger partial charge in [0.05, 0.1) is 18.6 Å². The van der Waals surface area contributed by atoms with Crippen molar-refractivity contribution in [3.05, 3.63) is 0 Å². The van der Waals surface area contributed by atoms with Crippen LogP contribution < -0.4 is 0 Å². The molecule has 0 saturated heterocycles. The van der Waals surface area contributed by atoms with Crippen LogP contribution in [0.2, 0.25) is 0 Å². The zero-order chi connectivity index (χ0) is 32.7. The molecule has 0 atom stereocenters. The molecule has 43 radical (unpaired) electrons. The minimum Gasteiger partial charge on any atom is -0.253 e. The van der Waals surface area contributed by atoms with Crippen molar-refractivity contribution in [3.63, 3.8) is 0 Å². The molecule has 41 heavy (non-hydrogen) atoms. The van der Waals surface area contributed by atoms with E-state index in [2.05, 4.69) is 0 Å². The van der Waals surface area contributed by atoms with Gasteiger partial charge in [-0.05, 0) is 0 Å². The molecule has 0 unspecified atom stereocenters. The van der Waals surface area contributed by atoms with Crippen molar-refractivity contribution in [1.29, 1.82) is 0 Å². The lowest BCUT2D eigenvalue weighted by Gasteiger charge is -2.56. The van der Waals surface area contributed by atoms with Crippen molar-refractivity contribution < 1.29 is 0 Å². The molecule has 0 amide bonds. The minimum atomic E-state index is -2.09. The molecule has 0 bridgehead atoms. The van der Waals surface area contributed by atoms with Gasteiger partial charge >= 0.3 is 0 Å². The summed E-state index contributed by atoms with van der Waals surface area (Å²) in [5, 5.41) is 0. The third-order valence-electron chi connectivity index (χ3n) is 7.62. The Morgan fingerprint density at radius 1 is 0.293 bits per heavy atom. The maximum Gasteiger partial charge on any atom is 0.0527 e. The van der Waals surface area contributed by atoms with Crippen molar-refractivity contribution in [2.24, 2.45) is 0 Å². The van der Waals surface area contributed by atoms with Crippen LogP contribution in [0.3, 0.4) is 0 Å². The lowest BCUT2D eigenvalue weighted by Crippen LogP contribution is -2.81. The monoisotopic (exact) mass is 471 g/mol. The van der Waals surface area contributed by atoms with E-state index in [4.69, 9.17) is 162 Å². The quantitative estimate of drug-likeness (QED) is 0.132. The standard InChI is InChI=1S/B40P/c1-22-33(23(2)3)38(32(20)21)41(39(34(24(4)5)25(6)7)35(26(8)9)27(10)11)40(36(28(12)13)29(14)15)37(30(16)17)31(18)19. The average Bonchev–Trinajstić information content (AvgIpc) is 2.76. The summed E-state index contributed by atoms with van der Waals surface area (Å²) in [6, 6.07) is 0. The lowest BCUT2D eigenvalue weighted by molar-refractivity contribution is 3.32. The second-order valence-electron chi connectivity index (χ2n) is 10.8. The molecule has 0 aliphatic heterocycles. The molecule has 0 rings (SSSR count). The highest BCUT2D eigenvalue weighted by Gasteiger charge is 2.55. The predicted molar refractivity (Wildman–Crippen MR) is 237 cm³/mol. The molecule has 0 aromatic carbocycles. The highest BCUT2D eigenvalue weighted by molar-refractivity contribution is 8.60. The molecular formula is B40P. The predicted octanol–water partition coefficient (Wildman–Crippen LogP) is -14.4. The van der Waals surface area contributed by atoms with Gasteiger partial charge in [0.15, 0.2) is 0 Å². The summed E-state index contributed by atoms with van der Waals surface area (Å²) >= 11 is 0. The fourth-order valence-corrected chi connectivity index (χ4v) is 11.3. The van der Waals surface area contributed by atoms with Crippen LogP contribution >= 0.6 is 7.56 Å². The summed E-state index contributed by atoms with van der Waals surface area (Å²) in [5.74, 6) is 0. The highest BCUT2D eigenvalue weighted by atomic mass is 31.1. The molecule has 0 fully saturated rings. The van der Waals surface area contributed by atoms with Crippen molar-refractivity contribution >= 4 is 292 Å². The largest absolute Gasteiger partial charge is 0.253 e. The van der Waals surface area contributed by atoms with Gasteiger partial charge in [-0.3, -0.25) is 7.56 Å². The molecule has 0 saturated carbocycles. The van der Waals surface area contributed by atoms with E-state index in [1.807, 2.05) is 0 Å². The van der Waals surface area contributed by atoms with Gasteiger partial charge in [0.2, 0.25) is 0 Å². The van der Waals surface area contributed by atoms with Crippen LogP contribution in [0.4, 0.5) is 0 Å². The van der Waals surface area contributed by atoms with Gasteiger partial charge in [0.1, 0.15) is 0 Å². The van der Waals surface area contributed by atoms with Gasteiger partial charge in [0, 0.05) is 265 Å². The summed E-state index contributed by atoms with van der Waals surface area (Å²) in [6.07, 6.45) is -19.8. The van der Waals surface area contributed by atoms with E-state index in [0.717, 1.165) is 0 Å². The van der Waals surface area contributed by atoms with Crippen molar-refractivity contribution in [2.75, 3.05) is 0 Å². The van der Waals surface area contributed by atoms with Gasteiger partial charge in [-0.15, -0.1) is 0 Å². The van der Waals surface area contributed by atoms with Crippen LogP contribution in [-0.2, 0) is 0 Å². The Labute approximate surface area is 289 Å². The first-order valence-electron chi connectivity index (χ1n) is 13.1. The first-order valence-corrected chi connectivity index (χ1v) is 14.7. The van der Waals surface area contributed by atoms with Gasteiger partial charge in [-0.1, -0.05) is 0 Å². The Morgan fingerprint density at radius 3 is 0.634 bits per heavy atom. The van der Waals surface area contributed by atoms with Gasteiger partial charge in [-0.2, -0.15) is 0 Å². The van der Waals surface area contributed by atoms with E-state index in [9.17, 15) is 0 Å². The van der Waals surface area contributed by atoms with Crippen molar-refractivity contribution in [1.82, 2.24) is 0 Å². The molecule has 41 heteroatoms. The van der Waals surface area contributed by atoms with Gasteiger partial charge in [-0.25, -0.2) is 0 Å². The van der Waals surface area contributed by atoms with E-state index in [1.54, 1.807) is 0 Å². The summed E-state index contributed by atoms with van der Waals surface area (Å²) in [6.45, 7) is 0. The zero-order valence-electron chi connectivity index (χ0n) is 23.5. The van der Waals surface area contributed by atoms with Crippen LogP contribution in [0, 0.1) is 0 Å². The molecule has 0 aliphatic rings. The Hall–Kier alpha value is 3.03. The Balaban J connectivity index is 8.46. The topological polar surface area (TPSA) is 0 Å². The summed E-state index contributed by atoms with van der Waals surface area (Å²) < 4.78 is 0. The van der Waals surface area contributed by atoms with E-state index in [1.165, 1.54) is 7.06 Å². The van der Waals surface area contributed by atoms with Crippen LogP contribution in [0.1, 0.15) is 0 Å². The van der Waals surface area contributed by atoms with Crippen LogP contribution in [-0.4, -0.2) is 284 Å². The summed E-state index contributed by atoms with van der Waals surface area (Å²) in [4.78, 5) is 0. The Kier molecular flexibility index (Phi) is 21.9. The molecule has 0 aromatic heterocycles. The Morgan fingerprint density at radius 2 is 0.512 bits per heavy atom. The van der Waals surface area contributed by atoms with E-state index in [-0.39, 0.29) is 0 Å². The maximum absolute atomic E-state index is 6.44. The molecule has 0 aromatic rings. The van der Waals surface area contributed by atoms with Crippen LogP contribution in [0.5, 0.6) is 0 Å². The first-order chi connectivity index (χ1) is 18.7. The Bertz CT molecular complexity index is 550. The van der Waals surface area contributed by atoms with Crippen molar-refractivity contribution in [3.8, 4) is 0 Å². The van der Waals surface area contributed by atoms with E-state index >= 15 is 0 Å². The average molecular weight is 463 g/mol. The smallest absolute Gasteiger partial charge is 0.0527 e. The van der Waals surface area contributed by atoms with Crippen LogP contribution in [0.15, 0.2) is 0 Å². The second kappa shape index (κ2) is 20.4. The van der Waals surface area contributed by atoms with Crippen molar-refractivity contribution in [2.45, 2.75) is 0 Å². The first kappa shape index (κ1) is 44.0. The normalized spacial score (nSPS) is 9.78. The van der Waals surface area contributed by atoms with Gasteiger partial charge in [0.25, 0.3) is 0 Å². The molecular weight excluding hydrogens is 463 g/mol. The lowest BCUT2D eigenvalue weighted by atomic mass is 8.51.